The minimum atomic E-state index is 0.142. The highest BCUT2D eigenvalue weighted by atomic mass is 16.7. The summed E-state index contributed by atoms with van der Waals surface area (Å²) in [5.74, 6) is 2.42. The van der Waals surface area contributed by atoms with Gasteiger partial charge in [0.15, 0.2) is 11.5 Å². The molecule has 1 aromatic carbocycles. The normalized spacial score (nSPS) is 13.4. The van der Waals surface area contributed by atoms with Gasteiger partial charge in [-0.05, 0) is 19.9 Å². The molecule has 0 radical (unpaired) electrons. The first-order chi connectivity index (χ1) is 8.56. The lowest BCUT2D eigenvalue weighted by Gasteiger charge is -2.16. The minimum absolute atomic E-state index is 0.142. The molecule has 0 unspecified atom stereocenters. The van der Waals surface area contributed by atoms with E-state index in [2.05, 4.69) is 19.2 Å². The smallest absolute Gasteiger partial charge is 0.231 e. The number of hydrogen-bond acceptors (Lipinski definition) is 4. The second kappa shape index (κ2) is 5.48. The maximum atomic E-state index is 5.83. The van der Waals surface area contributed by atoms with Crippen LogP contribution in [0, 0.1) is 0 Å². The van der Waals surface area contributed by atoms with Gasteiger partial charge in [0.2, 0.25) is 6.79 Å². The van der Waals surface area contributed by atoms with E-state index in [1.54, 1.807) is 0 Å². The lowest BCUT2D eigenvalue weighted by molar-refractivity contribution is 0.173. The van der Waals surface area contributed by atoms with Crippen LogP contribution in [0.3, 0.4) is 0 Å². The summed E-state index contributed by atoms with van der Waals surface area (Å²) in [7, 11) is 0. The average molecular weight is 251 g/mol. The SMILES string of the molecule is CC(C)NCc1cc2c(cc1OC(C)C)OCO2. The summed E-state index contributed by atoms with van der Waals surface area (Å²) in [5.41, 5.74) is 1.10. The molecule has 1 aromatic rings. The topological polar surface area (TPSA) is 39.7 Å². The zero-order valence-corrected chi connectivity index (χ0v) is 11.4. The van der Waals surface area contributed by atoms with E-state index in [4.69, 9.17) is 14.2 Å². The summed E-state index contributed by atoms with van der Waals surface area (Å²) in [6, 6.07) is 4.34. The summed E-state index contributed by atoms with van der Waals surface area (Å²) in [6.07, 6.45) is 0.142. The molecule has 0 fully saturated rings. The number of fused-ring (bicyclic) bond motifs is 1. The van der Waals surface area contributed by atoms with Crippen LogP contribution in [0.5, 0.6) is 17.2 Å². The fourth-order valence-electron chi connectivity index (χ4n) is 1.78. The number of nitrogens with one attached hydrogen (secondary N) is 1. The largest absolute Gasteiger partial charge is 0.491 e. The van der Waals surface area contributed by atoms with Crippen LogP contribution in [0.2, 0.25) is 0 Å². The van der Waals surface area contributed by atoms with Gasteiger partial charge in [0.05, 0.1) is 6.10 Å². The third-order valence-corrected chi connectivity index (χ3v) is 2.62. The van der Waals surface area contributed by atoms with Crippen molar-refractivity contribution in [1.29, 1.82) is 0 Å². The molecule has 18 heavy (non-hydrogen) atoms. The summed E-state index contributed by atoms with van der Waals surface area (Å²) in [6.45, 7) is 9.33. The van der Waals surface area contributed by atoms with Gasteiger partial charge in [0, 0.05) is 24.2 Å². The van der Waals surface area contributed by atoms with E-state index >= 15 is 0 Å². The Hall–Kier alpha value is -1.42. The molecule has 0 spiro atoms. The van der Waals surface area contributed by atoms with Gasteiger partial charge in [-0.2, -0.15) is 0 Å². The lowest BCUT2D eigenvalue weighted by Crippen LogP contribution is -2.22. The molecule has 0 saturated carbocycles. The third kappa shape index (κ3) is 3.07. The fourth-order valence-corrected chi connectivity index (χ4v) is 1.78. The van der Waals surface area contributed by atoms with Crippen molar-refractivity contribution in [1.82, 2.24) is 5.32 Å². The van der Waals surface area contributed by atoms with Crippen LogP contribution in [-0.4, -0.2) is 18.9 Å². The van der Waals surface area contributed by atoms with Crippen LogP contribution < -0.4 is 19.5 Å². The van der Waals surface area contributed by atoms with Crippen LogP contribution in [0.15, 0.2) is 12.1 Å². The molecule has 0 amide bonds. The number of hydrogen-bond donors (Lipinski definition) is 1. The Bertz CT molecular complexity index is 416. The molecule has 0 aliphatic carbocycles. The first kappa shape index (κ1) is 13.0. The van der Waals surface area contributed by atoms with Gasteiger partial charge in [-0.25, -0.2) is 0 Å². The lowest BCUT2D eigenvalue weighted by atomic mass is 10.1. The molecule has 0 saturated heterocycles. The van der Waals surface area contributed by atoms with Crippen LogP contribution in [0.4, 0.5) is 0 Å². The van der Waals surface area contributed by atoms with Crippen molar-refractivity contribution in [3.8, 4) is 17.2 Å². The maximum absolute atomic E-state index is 5.83. The molecular formula is C14H21NO3. The second-order valence-corrected chi connectivity index (χ2v) is 5.02. The van der Waals surface area contributed by atoms with E-state index in [9.17, 15) is 0 Å². The van der Waals surface area contributed by atoms with Crippen molar-refractivity contribution in [2.45, 2.75) is 46.4 Å². The summed E-state index contributed by atoms with van der Waals surface area (Å²) < 4.78 is 16.6. The van der Waals surface area contributed by atoms with Gasteiger partial charge in [-0.15, -0.1) is 0 Å². The Balaban J connectivity index is 2.23. The molecule has 0 bridgehead atoms. The van der Waals surface area contributed by atoms with Gasteiger partial charge in [-0.3, -0.25) is 0 Å². The van der Waals surface area contributed by atoms with Gasteiger partial charge in [0.25, 0.3) is 0 Å². The van der Waals surface area contributed by atoms with Gasteiger partial charge in [-0.1, -0.05) is 13.8 Å². The van der Waals surface area contributed by atoms with E-state index in [-0.39, 0.29) is 12.9 Å². The van der Waals surface area contributed by atoms with E-state index in [0.717, 1.165) is 29.4 Å². The highest BCUT2D eigenvalue weighted by Gasteiger charge is 2.18. The van der Waals surface area contributed by atoms with E-state index in [1.165, 1.54) is 0 Å². The van der Waals surface area contributed by atoms with E-state index < -0.39 is 0 Å². The summed E-state index contributed by atoms with van der Waals surface area (Å²) in [4.78, 5) is 0. The Morgan fingerprint density at radius 1 is 1.17 bits per heavy atom. The third-order valence-electron chi connectivity index (χ3n) is 2.62. The molecule has 1 heterocycles. The van der Waals surface area contributed by atoms with Crippen molar-refractivity contribution in [2.24, 2.45) is 0 Å². The van der Waals surface area contributed by atoms with Crippen molar-refractivity contribution in [3.05, 3.63) is 17.7 Å². The molecule has 0 aromatic heterocycles. The predicted octanol–water partition coefficient (Wildman–Crippen LogP) is 2.70. The van der Waals surface area contributed by atoms with Crippen LogP contribution in [-0.2, 0) is 6.54 Å². The number of rotatable bonds is 5. The van der Waals surface area contributed by atoms with Crippen molar-refractivity contribution >= 4 is 0 Å². The first-order valence-electron chi connectivity index (χ1n) is 6.39. The van der Waals surface area contributed by atoms with Gasteiger partial charge < -0.3 is 19.5 Å². The molecule has 4 heteroatoms. The molecule has 0 atom stereocenters. The Kier molecular flexibility index (Phi) is 3.97. The standard InChI is InChI=1S/C14H21NO3/c1-9(2)15-7-11-5-13-14(17-8-16-13)6-12(11)18-10(3)4/h5-6,9-10,15H,7-8H2,1-4H3. The van der Waals surface area contributed by atoms with Crippen molar-refractivity contribution in [2.75, 3.05) is 6.79 Å². The second-order valence-electron chi connectivity index (χ2n) is 5.02. The minimum Gasteiger partial charge on any atom is -0.491 e. The van der Waals surface area contributed by atoms with E-state index in [1.807, 2.05) is 26.0 Å². The van der Waals surface area contributed by atoms with Crippen molar-refractivity contribution in [3.63, 3.8) is 0 Å². The zero-order valence-electron chi connectivity index (χ0n) is 11.4. The quantitative estimate of drug-likeness (QED) is 0.873. The van der Waals surface area contributed by atoms with Crippen LogP contribution >= 0.6 is 0 Å². The maximum Gasteiger partial charge on any atom is 0.231 e. The Labute approximate surface area is 108 Å². The Morgan fingerprint density at radius 2 is 1.83 bits per heavy atom. The highest BCUT2D eigenvalue weighted by molar-refractivity contribution is 5.51. The van der Waals surface area contributed by atoms with Gasteiger partial charge >= 0.3 is 0 Å². The number of benzene rings is 1. The van der Waals surface area contributed by atoms with E-state index in [0.29, 0.717) is 6.04 Å². The summed E-state index contributed by atoms with van der Waals surface area (Å²) in [5, 5.41) is 3.39. The molecule has 1 N–H and O–H groups in total. The molecular weight excluding hydrogens is 230 g/mol. The molecule has 1 aliphatic heterocycles. The number of ether oxygens (including phenoxy) is 3. The average Bonchev–Trinajstić information content (AvgIpc) is 2.71. The first-order valence-corrected chi connectivity index (χ1v) is 6.39. The summed E-state index contributed by atoms with van der Waals surface area (Å²) >= 11 is 0. The highest BCUT2D eigenvalue weighted by Crippen LogP contribution is 2.38. The molecule has 100 valence electrons. The molecule has 1 aliphatic rings. The predicted molar refractivity (Wildman–Crippen MR) is 70.3 cm³/mol. The zero-order chi connectivity index (χ0) is 13.1. The molecule has 4 nitrogen and oxygen atoms in total. The molecule has 2 rings (SSSR count). The van der Waals surface area contributed by atoms with Crippen molar-refractivity contribution < 1.29 is 14.2 Å². The van der Waals surface area contributed by atoms with Crippen LogP contribution in [0.25, 0.3) is 0 Å². The Morgan fingerprint density at radius 3 is 2.44 bits per heavy atom. The van der Waals surface area contributed by atoms with Gasteiger partial charge in [0.1, 0.15) is 5.75 Å². The fraction of sp³-hybridized carbons (Fsp3) is 0.571. The monoisotopic (exact) mass is 251 g/mol. The van der Waals surface area contributed by atoms with Crippen LogP contribution in [0.1, 0.15) is 33.3 Å².